The minimum Gasteiger partial charge on any atom is -0.464 e. The third kappa shape index (κ3) is 9.87. The number of hydrogen-bond donors (Lipinski definition) is 3. The molecule has 6 aliphatic rings. The summed E-state index contributed by atoms with van der Waals surface area (Å²) in [5.74, 6) is -0.410. The maximum atomic E-state index is 15.1. The molecule has 6 bridgehead atoms. The van der Waals surface area contributed by atoms with Crippen LogP contribution in [0.5, 0.6) is 0 Å². The molecule has 3 amide bonds. The van der Waals surface area contributed by atoms with E-state index >= 15 is 8.78 Å². The molecule has 3 N–H and O–H groups in total. The maximum absolute atomic E-state index is 15.1. The van der Waals surface area contributed by atoms with Crippen molar-refractivity contribution in [2.45, 2.75) is 149 Å². The van der Waals surface area contributed by atoms with Crippen molar-refractivity contribution >= 4 is 34.6 Å². The molecular weight excluding hydrogens is 903 g/mol. The van der Waals surface area contributed by atoms with Gasteiger partial charge in [-0.1, -0.05) is 59.7 Å². The van der Waals surface area contributed by atoms with Gasteiger partial charge < -0.3 is 19.5 Å². The number of amides is 3. The number of halogens is 2. The minimum atomic E-state index is -2.80. The number of aryl methyl sites for hydroxylation is 1. The first-order chi connectivity index (χ1) is 33.9. The summed E-state index contributed by atoms with van der Waals surface area (Å²) in [6.45, 7) is 18.3. The lowest BCUT2D eigenvalue weighted by molar-refractivity contribution is -0.155. The predicted octanol–water partition coefficient (Wildman–Crippen LogP) is 7.80. The zero-order valence-electron chi connectivity index (χ0n) is 42.5. The lowest BCUT2D eigenvalue weighted by atomic mass is 9.83. The number of hydrogen-bond acceptors (Lipinski definition) is 9. The smallest absolute Gasteiger partial charge is 0.324 e. The van der Waals surface area contributed by atoms with E-state index < -0.39 is 41.8 Å². The van der Waals surface area contributed by atoms with E-state index in [-0.39, 0.29) is 60.2 Å². The molecule has 1 spiro atoms. The molecule has 0 unspecified atom stereocenters. The molecule has 13 nitrogen and oxygen atoms in total. The van der Waals surface area contributed by atoms with Crippen molar-refractivity contribution in [1.29, 1.82) is 0 Å². The Hall–Kier alpha value is -5.25. The van der Waals surface area contributed by atoms with E-state index in [0.29, 0.717) is 75.1 Å². The summed E-state index contributed by atoms with van der Waals surface area (Å²) in [4.78, 5) is 66.4. The van der Waals surface area contributed by atoms with Crippen molar-refractivity contribution in [2.24, 2.45) is 22.7 Å². The van der Waals surface area contributed by atoms with E-state index in [0.717, 1.165) is 51.8 Å². The van der Waals surface area contributed by atoms with Crippen LogP contribution in [-0.2, 0) is 43.3 Å². The summed E-state index contributed by atoms with van der Waals surface area (Å²) in [5.41, 5.74) is 9.17. The Balaban J connectivity index is 1.00. The summed E-state index contributed by atoms with van der Waals surface area (Å²) in [6.07, 6.45) is 4.57. The molecule has 6 atom stereocenters. The van der Waals surface area contributed by atoms with Crippen LogP contribution in [0.1, 0.15) is 122 Å². The predicted molar refractivity (Wildman–Crippen MR) is 269 cm³/mol. The Morgan fingerprint density at radius 1 is 0.958 bits per heavy atom. The van der Waals surface area contributed by atoms with Crippen LogP contribution in [0.2, 0.25) is 0 Å². The number of esters is 1. The molecule has 5 aliphatic heterocycles. The second-order valence-electron chi connectivity index (χ2n) is 23.1. The first-order valence-electron chi connectivity index (χ1n) is 26.3. The number of nitrogens with zero attached hydrogens (tertiary/aromatic N) is 5. The topological polar surface area (TPSA) is 151 Å². The van der Waals surface area contributed by atoms with Crippen LogP contribution < -0.4 is 16.1 Å². The van der Waals surface area contributed by atoms with Crippen molar-refractivity contribution < 1.29 is 32.7 Å². The van der Waals surface area contributed by atoms with Gasteiger partial charge in [-0.25, -0.2) is 14.2 Å². The van der Waals surface area contributed by atoms with Crippen LogP contribution >= 0.6 is 0 Å². The van der Waals surface area contributed by atoms with Gasteiger partial charge in [0.05, 0.1) is 24.0 Å². The highest BCUT2D eigenvalue weighted by Gasteiger charge is 2.55. The number of nitrogens with one attached hydrogen (secondary N) is 3. The number of cyclic esters (lactones) is 1. The maximum Gasteiger partial charge on any atom is 0.324 e. The number of carbonyl (C=O) groups is 4. The third-order valence-electron chi connectivity index (χ3n) is 16.3. The molecule has 2 aromatic carbocycles. The number of benzene rings is 2. The Kier molecular flexibility index (Phi) is 13.4. The highest BCUT2D eigenvalue weighted by molar-refractivity contribution is 5.96. The Labute approximate surface area is 416 Å². The first kappa shape index (κ1) is 49.3. The quantitative estimate of drug-likeness (QED) is 0.107. The number of hydrazine groups is 1. The van der Waals surface area contributed by atoms with Crippen LogP contribution in [0.4, 0.5) is 8.78 Å². The van der Waals surface area contributed by atoms with E-state index in [1.54, 1.807) is 0 Å². The summed E-state index contributed by atoms with van der Waals surface area (Å²) in [7, 11) is 0. The molecule has 2 aromatic heterocycles. The lowest BCUT2D eigenvalue weighted by Gasteiger charge is -2.37. The van der Waals surface area contributed by atoms with Gasteiger partial charge in [0.25, 0.3) is 12.3 Å². The average molecular weight is 975 g/mol. The van der Waals surface area contributed by atoms with Gasteiger partial charge in [0.15, 0.2) is 0 Å². The molecule has 15 heteroatoms. The second kappa shape index (κ2) is 19.3. The number of carbonyl (C=O) groups excluding carboxylic acids is 4. The second-order valence-corrected chi connectivity index (χ2v) is 23.1. The molecule has 380 valence electrons. The molecule has 7 heterocycles. The highest BCUT2D eigenvalue weighted by Crippen LogP contribution is 2.45. The minimum absolute atomic E-state index is 0.0642. The van der Waals surface area contributed by atoms with Gasteiger partial charge in [0, 0.05) is 84.2 Å². The largest absolute Gasteiger partial charge is 0.464 e. The van der Waals surface area contributed by atoms with E-state index in [2.05, 4.69) is 78.3 Å². The molecule has 0 radical (unpaired) electrons. The van der Waals surface area contributed by atoms with Crippen molar-refractivity contribution in [3.05, 3.63) is 77.1 Å². The van der Waals surface area contributed by atoms with Crippen LogP contribution in [0, 0.1) is 22.7 Å². The molecule has 4 saturated heterocycles. The number of likely N-dealkylation sites (tertiary alicyclic amines) is 2. The van der Waals surface area contributed by atoms with Gasteiger partial charge in [-0.05, 0) is 129 Å². The summed E-state index contributed by atoms with van der Waals surface area (Å²) >= 11 is 0. The van der Waals surface area contributed by atoms with Crippen molar-refractivity contribution in [3.8, 4) is 22.4 Å². The molecule has 4 aromatic rings. The van der Waals surface area contributed by atoms with Crippen molar-refractivity contribution in [3.63, 3.8) is 0 Å². The van der Waals surface area contributed by atoms with Crippen LogP contribution in [0.25, 0.3) is 33.3 Å². The van der Waals surface area contributed by atoms with Crippen molar-refractivity contribution in [1.82, 2.24) is 40.4 Å². The SMILES string of the molecule is CCn1c(-c2cccnc2C(C)C)c2c3cc(ccc31)-c1cc(cc(C(F)F)c1)C[C@H](NC(=O)[C@H](C(C)C)N1CC[C@]3(CCN(C(=O)[C@@H]4N[C@@H]4C4CC4)C3)C1)C(=O)N1CCC[C@H](N1)C(=O)OCC(C)(C)C2. The van der Waals surface area contributed by atoms with Crippen LogP contribution in [0.15, 0.2) is 54.7 Å². The Morgan fingerprint density at radius 3 is 2.48 bits per heavy atom. The number of ether oxygens (including phenoxy) is 1. The van der Waals surface area contributed by atoms with Gasteiger partial charge >= 0.3 is 5.97 Å². The fraction of sp³-hybridized carbons (Fsp3) is 0.589. The average Bonchev–Trinajstić information content (AvgIpc) is 4.25. The molecule has 10 rings (SSSR count). The first-order valence-corrected chi connectivity index (χ1v) is 26.3. The molecule has 1 saturated carbocycles. The Bertz CT molecular complexity index is 2720. The highest BCUT2D eigenvalue weighted by atomic mass is 19.3. The van der Waals surface area contributed by atoms with E-state index in [4.69, 9.17) is 9.72 Å². The number of alkyl halides is 2. The zero-order chi connectivity index (χ0) is 50.1. The number of fused-ring (bicyclic) bond motifs is 6. The van der Waals surface area contributed by atoms with E-state index in [1.807, 2.05) is 43.1 Å². The van der Waals surface area contributed by atoms with Gasteiger partial charge in [-0.2, -0.15) is 0 Å². The summed E-state index contributed by atoms with van der Waals surface area (Å²) in [5, 5.41) is 8.95. The van der Waals surface area contributed by atoms with E-state index in [9.17, 15) is 19.2 Å². The zero-order valence-corrected chi connectivity index (χ0v) is 42.5. The van der Waals surface area contributed by atoms with Gasteiger partial charge in [0.2, 0.25) is 11.8 Å². The standard InChI is InChI=1S/C56H72F2N8O5/c1-8-65-44-16-15-36-27-40(44)41(49(65)39-11-9-19-59-45(39)32(2)3)28-55(6,7)31-71-54(70)42-12-10-20-66(62-42)52(68)43(25-34-23-37(36)26-38(24-34)50(57)58)60-51(67)48(33(4)5)63-21-17-56(29-63)18-22-64(30-56)53(69)47-46(61-47)35-13-14-35/h9,11,15-16,19,23-24,26-27,32-33,35,42-43,46-48,50,61-62H,8,10,12-14,17-18,20-22,25,28-31H2,1-7H3,(H,60,67)/t42-,43-,46+,47+,48-,56-/m0/s1. The van der Waals surface area contributed by atoms with Gasteiger partial charge in [-0.15, -0.1) is 0 Å². The van der Waals surface area contributed by atoms with Crippen LogP contribution in [-0.4, -0.2) is 118 Å². The number of pyridine rings is 1. The summed E-state index contributed by atoms with van der Waals surface area (Å²) in [6, 6.07) is 12.7. The van der Waals surface area contributed by atoms with Crippen molar-refractivity contribution in [2.75, 3.05) is 39.3 Å². The molecule has 1 aliphatic carbocycles. The van der Waals surface area contributed by atoms with Gasteiger partial charge in [-0.3, -0.25) is 39.4 Å². The fourth-order valence-electron chi connectivity index (χ4n) is 12.5. The fourth-order valence-corrected chi connectivity index (χ4v) is 12.5. The normalized spacial score (nSPS) is 26.4. The Morgan fingerprint density at radius 2 is 1.75 bits per heavy atom. The van der Waals surface area contributed by atoms with E-state index in [1.165, 1.54) is 30.0 Å². The monoisotopic (exact) mass is 975 g/mol. The molecular formula is C56H72F2N8O5. The molecule has 71 heavy (non-hydrogen) atoms. The third-order valence-corrected chi connectivity index (χ3v) is 16.3. The van der Waals surface area contributed by atoms with Crippen LogP contribution in [0.3, 0.4) is 0 Å². The number of aromatic nitrogens is 2. The number of rotatable bonds is 10. The van der Waals surface area contributed by atoms with Gasteiger partial charge in [0.1, 0.15) is 18.1 Å². The molecule has 5 fully saturated rings. The lowest BCUT2D eigenvalue weighted by Crippen LogP contribution is -2.62. The summed E-state index contributed by atoms with van der Waals surface area (Å²) < 4.78 is 38.6.